The summed E-state index contributed by atoms with van der Waals surface area (Å²) in [5.41, 5.74) is -0.171. The van der Waals surface area contributed by atoms with Crippen LogP contribution >= 0.6 is 0 Å². The minimum Gasteiger partial charge on any atom is -0.333 e. The first kappa shape index (κ1) is 11.7. The number of nitro groups is 1. The fourth-order valence-electron chi connectivity index (χ4n) is 1.90. The van der Waals surface area contributed by atoms with Crippen LogP contribution in [-0.4, -0.2) is 40.1 Å². The predicted molar refractivity (Wildman–Crippen MR) is 63.0 cm³/mol. The molecule has 0 saturated carbocycles. The van der Waals surface area contributed by atoms with Gasteiger partial charge in [-0.25, -0.2) is 9.97 Å². The third-order valence-corrected chi connectivity index (χ3v) is 2.88. The molecule has 0 aliphatic carbocycles. The van der Waals surface area contributed by atoms with Crippen molar-refractivity contribution in [2.24, 2.45) is 0 Å². The van der Waals surface area contributed by atoms with Crippen molar-refractivity contribution in [2.75, 3.05) is 24.5 Å². The molecule has 1 aromatic rings. The van der Waals surface area contributed by atoms with Gasteiger partial charge in [0, 0.05) is 25.2 Å². The van der Waals surface area contributed by atoms with Crippen LogP contribution in [-0.2, 0) is 0 Å². The van der Waals surface area contributed by atoms with E-state index in [1.807, 2.05) is 0 Å². The summed E-state index contributed by atoms with van der Waals surface area (Å²) < 4.78 is 0. The Balaban J connectivity index is 2.24. The molecular formula is C10H15N5O2. The maximum atomic E-state index is 10.5. The van der Waals surface area contributed by atoms with Crippen molar-refractivity contribution in [2.45, 2.75) is 19.4 Å². The van der Waals surface area contributed by atoms with E-state index in [1.54, 1.807) is 0 Å². The van der Waals surface area contributed by atoms with Crippen molar-refractivity contribution >= 4 is 11.6 Å². The molecule has 1 aliphatic rings. The van der Waals surface area contributed by atoms with Gasteiger partial charge < -0.3 is 10.2 Å². The largest absolute Gasteiger partial charge is 0.333 e. The molecule has 2 heterocycles. The first-order valence-electron chi connectivity index (χ1n) is 5.45. The Morgan fingerprint density at radius 2 is 2.12 bits per heavy atom. The molecule has 0 amide bonds. The number of aromatic nitrogens is 2. The molecule has 0 unspecified atom stereocenters. The van der Waals surface area contributed by atoms with Crippen molar-refractivity contribution in [3.8, 4) is 0 Å². The van der Waals surface area contributed by atoms with E-state index >= 15 is 0 Å². The van der Waals surface area contributed by atoms with Gasteiger partial charge >= 0.3 is 5.69 Å². The van der Waals surface area contributed by atoms with E-state index in [2.05, 4.69) is 34.0 Å². The number of anilines is 1. The summed E-state index contributed by atoms with van der Waals surface area (Å²) in [5, 5.41) is 13.8. The molecule has 17 heavy (non-hydrogen) atoms. The second-order valence-electron chi connectivity index (χ2n) is 4.64. The molecule has 0 radical (unpaired) electrons. The van der Waals surface area contributed by atoms with Crippen molar-refractivity contribution in [3.63, 3.8) is 0 Å². The molecule has 1 N–H and O–H groups in total. The number of nitrogens with zero attached hydrogens (tertiary/aromatic N) is 4. The Morgan fingerprint density at radius 3 is 2.65 bits per heavy atom. The second kappa shape index (κ2) is 4.25. The summed E-state index contributed by atoms with van der Waals surface area (Å²) in [7, 11) is 0. The van der Waals surface area contributed by atoms with Crippen molar-refractivity contribution in [1.82, 2.24) is 15.3 Å². The monoisotopic (exact) mass is 237 g/mol. The van der Waals surface area contributed by atoms with Crippen LogP contribution in [0.25, 0.3) is 0 Å². The zero-order chi connectivity index (χ0) is 12.5. The van der Waals surface area contributed by atoms with Gasteiger partial charge in [0.05, 0.1) is 4.92 Å². The van der Waals surface area contributed by atoms with Gasteiger partial charge in [0.2, 0.25) is 5.95 Å². The molecule has 1 fully saturated rings. The van der Waals surface area contributed by atoms with E-state index < -0.39 is 4.92 Å². The second-order valence-corrected chi connectivity index (χ2v) is 4.64. The van der Waals surface area contributed by atoms with Gasteiger partial charge in [-0.2, -0.15) is 0 Å². The van der Waals surface area contributed by atoms with Crippen LogP contribution in [0.3, 0.4) is 0 Å². The highest BCUT2D eigenvalue weighted by atomic mass is 16.6. The van der Waals surface area contributed by atoms with Gasteiger partial charge in [0.1, 0.15) is 12.4 Å². The lowest BCUT2D eigenvalue weighted by atomic mass is 10.0. The molecule has 1 aliphatic heterocycles. The molecule has 7 heteroatoms. The molecule has 7 nitrogen and oxygen atoms in total. The molecule has 1 aromatic heterocycles. The van der Waals surface area contributed by atoms with Crippen LogP contribution in [0.5, 0.6) is 0 Å². The molecule has 0 spiro atoms. The van der Waals surface area contributed by atoms with E-state index in [1.165, 1.54) is 12.4 Å². The molecule has 0 aromatic carbocycles. The highest BCUT2D eigenvalue weighted by molar-refractivity contribution is 5.38. The van der Waals surface area contributed by atoms with E-state index in [-0.39, 0.29) is 11.2 Å². The van der Waals surface area contributed by atoms with Crippen molar-refractivity contribution < 1.29 is 4.92 Å². The molecule has 2 rings (SSSR count). The highest BCUT2D eigenvalue weighted by Gasteiger charge is 2.31. The van der Waals surface area contributed by atoms with Gasteiger partial charge in [-0.05, 0) is 13.8 Å². The van der Waals surface area contributed by atoms with Crippen LogP contribution in [0.2, 0.25) is 0 Å². The molecule has 0 bridgehead atoms. The van der Waals surface area contributed by atoms with E-state index in [0.717, 1.165) is 19.6 Å². The maximum absolute atomic E-state index is 10.5. The number of nitrogens with one attached hydrogen (secondary N) is 1. The Labute approximate surface area is 99.0 Å². The lowest BCUT2D eigenvalue weighted by Gasteiger charge is -2.42. The maximum Gasteiger partial charge on any atom is 0.305 e. The summed E-state index contributed by atoms with van der Waals surface area (Å²) in [6.45, 7) is 6.68. The van der Waals surface area contributed by atoms with Crippen LogP contribution in [0.1, 0.15) is 13.8 Å². The molecule has 92 valence electrons. The van der Waals surface area contributed by atoms with E-state index in [0.29, 0.717) is 5.95 Å². The normalized spacial score (nSPS) is 19.1. The zero-order valence-corrected chi connectivity index (χ0v) is 9.88. The van der Waals surface area contributed by atoms with Crippen LogP contribution in [0, 0.1) is 10.1 Å². The van der Waals surface area contributed by atoms with Gasteiger partial charge in [-0.1, -0.05) is 0 Å². The molecule has 1 saturated heterocycles. The van der Waals surface area contributed by atoms with Crippen molar-refractivity contribution in [1.29, 1.82) is 0 Å². The summed E-state index contributed by atoms with van der Waals surface area (Å²) in [6, 6.07) is 0. The average Bonchev–Trinajstić information content (AvgIpc) is 2.28. The smallest absolute Gasteiger partial charge is 0.305 e. The van der Waals surface area contributed by atoms with E-state index in [9.17, 15) is 10.1 Å². The Morgan fingerprint density at radius 1 is 1.47 bits per heavy atom. The van der Waals surface area contributed by atoms with Gasteiger partial charge in [-0.15, -0.1) is 0 Å². The van der Waals surface area contributed by atoms with Gasteiger partial charge in [0.25, 0.3) is 0 Å². The van der Waals surface area contributed by atoms with Gasteiger partial charge in [-0.3, -0.25) is 10.1 Å². The SMILES string of the molecule is CC1(C)CNCCN1c1ncc([N+](=O)[O-])cn1. The Hall–Kier alpha value is -1.76. The predicted octanol–water partition coefficient (Wildman–Crippen LogP) is 0.573. The molecule has 0 atom stereocenters. The minimum absolute atomic E-state index is 0.0818. The topological polar surface area (TPSA) is 84.2 Å². The molecular weight excluding hydrogens is 222 g/mol. The van der Waals surface area contributed by atoms with Crippen LogP contribution in [0.15, 0.2) is 12.4 Å². The highest BCUT2D eigenvalue weighted by Crippen LogP contribution is 2.22. The average molecular weight is 237 g/mol. The standard InChI is InChI=1S/C10H15N5O2/c1-10(2)7-11-3-4-14(10)9-12-5-8(6-13-9)15(16)17/h5-6,11H,3-4,7H2,1-2H3. The Kier molecular flexibility index (Phi) is 2.93. The lowest BCUT2D eigenvalue weighted by Crippen LogP contribution is -2.58. The van der Waals surface area contributed by atoms with Gasteiger partial charge in [0.15, 0.2) is 0 Å². The van der Waals surface area contributed by atoms with E-state index in [4.69, 9.17) is 0 Å². The van der Waals surface area contributed by atoms with Crippen LogP contribution in [0.4, 0.5) is 11.6 Å². The first-order valence-corrected chi connectivity index (χ1v) is 5.45. The fraction of sp³-hybridized carbons (Fsp3) is 0.600. The quantitative estimate of drug-likeness (QED) is 0.598. The summed E-state index contributed by atoms with van der Waals surface area (Å²) in [5.74, 6) is 0.544. The summed E-state index contributed by atoms with van der Waals surface area (Å²) in [6.07, 6.45) is 2.50. The lowest BCUT2D eigenvalue weighted by molar-refractivity contribution is -0.385. The summed E-state index contributed by atoms with van der Waals surface area (Å²) in [4.78, 5) is 20.2. The summed E-state index contributed by atoms with van der Waals surface area (Å²) >= 11 is 0. The number of hydrogen-bond donors (Lipinski definition) is 1. The van der Waals surface area contributed by atoms with Crippen molar-refractivity contribution in [3.05, 3.63) is 22.5 Å². The number of hydrogen-bond acceptors (Lipinski definition) is 6. The third-order valence-electron chi connectivity index (χ3n) is 2.88. The zero-order valence-electron chi connectivity index (χ0n) is 9.88. The third kappa shape index (κ3) is 2.33. The fourth-order valence-corrected chi connectivity index (χ4v) is 1.90. The number of rotatable bonds is 2. The number of piperazine rings is 1. The van der Waals surface area contributed by atoms with Crippen LogP contribution < -0.4 is 10.2 Å². The Bertz CT molecular complexity index is 417. The first-order chi connectivity index (χ1) is 8.00. The minimum atomic E-state index is -0.493.